The monoisotopic (exact) mass is 575 g/mol. The van der Waals surface area contributed by atoms with Gasteiger partial charge >= 0.3 is 35.7 Å². The maximum Gasteiger partial charge on any atom is 1.00 e. The molecule has 194 valence electrons. The Morgan fingerprint density at radius 1 is 1.16 bits per heavy atom. The largest absolute Gasteiger partial charge is 1.00 e. The maximum absolute atomic E-state index is 13.3. The number of ether oxygens (including phenoxy) is 1. The van der Waals surface area contributed by atoms with Gasteiger partial charge in [-0.05, 0) is 42.8 Å². The summed E-state index contributed by atoms with van der Waals surface area (Å²) in [7, 11) is -6.10. The van der Waals surface area contributed by atoms with E-state index in [0.29, 0.717) is 0 Å². The van der Waals surface area contributed by atoms with E-state index in [9.17, 15) is 35.7 Å². The molecule has 15 heteroatoms. The van der Waals surface area contributed by atoms with Crippen LogP contribution in [-0.2, 0) is 26.4 Å². The third kappa shape index (κ3) is 6.43. The molecule has 0 saturated carbocycles. The van der Waals surface area contributed by atoms with Gasteiger partial charge in [0.05, 0.1) is 43.5 Å². The van der Waals surface area contributed by atoms with Gasteiger partial charge in [0.25, 0.3) is 0 Å². The number of imidazole rings is 1. The molecule has 0 spiro atoms. The number of para-hydroxylation sites is 1. The van der Waals surface area contributed by atoms with Crippen molar-refractivity contribution >= 4 is 37.6 Å². The van der Waals surface area contributed by atoms with Gasteiger partial charge in [0.15, 0.2) is 11.8 Å². The molecule has 0 amide bonds. The van der Waals surface area contributed by atoms with Gasteiger partial charge in [0.1, 0.15) is 11.3 Å². The summed E-state index contributed by atoms with van der Waals surface area (Å²) in [5, 5.41) is 11.1. The van der Waals surface area contributed by atoms with Crippen molar-refractivity contribution in [3.8, 4) is 5.75 Å². The third-order valence-electron chi connectivity index (χ3n) is 5.26. The van der Waals surface area contributed by atoms with E-state index >= 15 is 0 Å². The standard InChI is InChI=1S/C23H18F3N3O6S2.Na/c1-13-17(27-9-8-18(13)35-12-23(24,25)26)11-36(32)22-28-16-6-3-7-19(20(16)29-22)37(33,34)15-5-2-4-14(10-15)21(30)31;/h2-10H,11-12H2,1H3,(H,28,29)(H,30,31);/q;+1/p-1. The Labute approximate surface area is 239 Å². The molecule has 9 nitrogen and oxygen atoms in total. The van der Waals surface area contributed by atoms with E-state index in [2.05, 4.69) is 15.0 Å². The number of aromatic amines is 1. The van der Waals surface area contributed by atoms with Crippen LogP contribution < -0.4 is 39.4 Å². The predicted molar refractivity (Wildman–Crippen MR) is 123 cm³/mol. The normalized spacial score (nSPS) is 12.6. The Hall–Kier alpha value is -2.78. The zero-order chi connectivity index (χ0) is 27.0. The van der Waals surface area contributed by atoms with E-state index in [4.69, 9.17) is 4.74 Å². The first-order valence-corrected chi connectivity index (χ1v) is 13.2. The van der Waals surface area contributed by atoms with E-state index < -0.39 is 39.4 Å². The molecule has 1 unspecified atom stereocenters. The summed E-state index contributed by atoms with van der Waals surface area (Å²) in [5.41, 5.74) is 0.406. The number of sulfone groups is 1. The maximum atomic E-state index is 13.3. The van der Waals surface area contributed by atoms with E-state index in [0.717, 1.165) is 6.07 Å². The molecule has 0 aliphatic heterocycles. The van der Waals surface area contributed by atoms with Crippen molar-refractivity contribution in [1.82, 2.24) is 15.0 Å². The number of alkyl halides is 3. The summed E-state index contributed by atoms with van der Waals surface area (Å²) in [4.78, 5) is 21.7. The number of pyridine rings is 1. The van der Waals surface area contributed by atoms with Crippen molar-refractivity contribution in [1.29, 1.82) is 0 Å². The molecular formula is C23H17F3N3NaO6S2. The van der Waals surface area contributed by atoms with Crippen LogP contribution in [-0.4, -0.2) is 46.3 Å². The van der Waals surface area contributed by atoms with Gasteiger partial charge in [-0.25, -0.2) is 13.4 Å². The van der Waals surface area contributed by atoms with Gasteiger partial charge in [-0.2, -0.15) is 13.2 Å². The van der Waals surface area contributed by atoms with Crippen LogP contribution in [0.1, 0.15) is 21.6 Å². The SMILES string of the molecule is Cc1c(OCC(F)(F)F)ccnc1CS(=O)c1nc2c(S(=O)(=O)c3cccc(C(=O)[O-])c3)cccc2[nH]1.[Na+]. The van der Waals surface area contributed by atoms with Gasteiger partial charge in [0.2, 0.25) is 9.84 Å². The fourth-order valence-corrected chi connectivity index (χ4v) is 5.99. The summed E-state index contributed by atoms with van der Waals surface area (Å²) in [5.74, 6) is -1.83. The molecule has 2 aromatic carbocycles. The van der Waals surface area contributed by atoms with Crippen molar-refractivity contribution in [3.63, 3.8) is 0 Å². The van der Waals surface area contributed by atoms with Gasteiger partial charge < -0.3 is 19.6 Å². The first-order chi connectivity index (χ1) is 17.4. The molecule has 0 aliphatic carbocycles. The summed E-state index contributed by atoms with van der Waals surface area (Å²) in [6.07, 6.45) is -3.30. The van der Waals surface area contributed by atoms with Crippen molar-refractivity contribution in [2.24, 2.45) is 0 Å². The third-order valence-corrected chi connectivity index (χ3v) is 8.20. The predicted octanol–water partition coefficient (Wildman–Crippen LogP) is -0.284. The Morgan fingerprint density at radius 3 is 2.55 bits per heavy atom. The number of halogens is 3. The minimum Gasteiger partial charge on any atom is -0.545 e. The molecule has 1 atom stereocenters. The topological polar surface area (TPSA) is 142 Å². The second kappa shape index (κ2) is 11.5. The van der Waals surface area contributed by atoms with Crippen LogP contribution >= 0.6 is 0 Å². The number of nitrogens with zero attached hydrogens (tertiary/aromatic N) is 2. The molecule has 0 radical (unpaired) electrons. The van der Waals surface area contributed by atoms with Gasteiger partial charge in [-0.15, -0.1) is 0 Å². The van der Waals surface area contributed by atoms with Gasteiger partial charge in [-0.1, -0.05) is 18.2 Å². The Bertz CT molecular complexity index is 1640. The molecule has 4 rings (SSSR count). The molecule has 0 aliphatic rings. The fourth-order valence-electron chi connectivity index (χ4n) is 3.44. The average Bonchev–Trinajstić information content (AvgIpc) is 3.28. The molecule has 0 saturated heterocycles. The number of aromatic nitrogens is 3. The van der Waals surface area contributed by atoms with Crippen LogP contribution in [0.5, 0.6) is 5.75 Å². The van der Waals surface area contributed by atoms with Crippen LogP contribution in [0.25, 0.3) is 11.0 Å². The van der Waals surface area contributed by atoms with Crippen LogP contribution in [0.3, 0.4) is 0 Å². The number of carboxylic acid groups (broad SMARTS) is 1. The number of aromatic carboxylic acids is 1. The number of H-pyrrole nitrogens is 1. The quantitative estimate of drug-likeness (QED) is 0.283. The number of carbonyl (C=O) groups is 1. The van der Waals surface area contributed by atoms with Crippen LogP contribution in [0, 0.1) is 6.92 Å². The van der Waals surface area contributed by atoms with Crippen LogP contribution in [0.15, 0.2) is 69.7 Å². The number of nitrogens with one attached hydrogen (secondary N) is 1. The summed E-state index contributed by atoms with van der Waals surface area (Å²) >= 11 is 0. The fraction of sp³-hybridized carbons (Fsp3) is 0.174. The van der Waals surface area contributed by atoms with Crippen molar-refractivity contribution < 1.29 is 70.0 Å². The van der Waals surface area contributed by atoms with E-state index in [1.54, 1.807) is 0 Å². The van der Waals surface area contributed by atoms with Crippen molar-refractivity contribution in [2.45, 2.75) is 33.8 Å². The minimum atomic E-state index is -4.53. The average molecular weight is 576 g/mol. The molecule has 1 N–H and O–H groups in total. The Morgan fingerprint density at radius 2 is 1.87 bits per heavy atom. The summed E-state index contributed by atoms with van der Waals surface area (Å²) in [6, 6.07) is 10.2. The number of rotatable bonds is 8. The second-order valence-electron chi connectivity index (χ2n) is 7.79. The molecule has 0 fully saturated rings. The van der Waals surface area contributed by atoms with E-state index in [1.807, 2.05) is 0 Å². The van der Waals surface area contributed by atoms with Crippen molar-refractivity contribution in [3.05, 3.63) is 71.5 Å². The molecular weight excluding hydrogens is 558 g/mol. The Kier molecular flexibility index (Phi) is 9.04. The minimum absolute atomic E-state index is 0. The van der Waals surface area contributed by atoms with Crippen LogP contribution in [0.2, 0.25) is 0 Å². The number of benzene rings is 2. The summed E-state index contributed by atoms with van der Waals surface area (Å²) < 4.78 is 81.9. The number of hydrogen-bond acceptors (Lipinski definition) is 8. The van der Waals surface area contributed by atoms with E-state index in [1.165, 1.54) is 55.6 Å². The molecule has 38 heavy (non-hydrogen) atoms. The zero-order valence-electron chi connectivity index (χ0n) is 19.9. The smallest absolute Gasteiger partial charge is 0.545 e. The molecule has 2 heterocycles. The van der Waals surface area contributed by atoms with Crippen LogP contribution in [0.4, 0.5) is 13.2 Å². The number of hydrogen-bond donors (Lipinski definition) is 1. The van der Waals surface area contributed by atoms with Gasteiger partial charge in [-0.3, -0.25) is 9.19 Å². The number of carbonyl (C=O) groups excluding carboxylic acids is 1. The first kappa shape index (κ1) is 29.8. The van der Waals surface area contributed by atoms with Gasteiger partial charge in [0, 0.05) is 11.8 Å². The molecule has 4 aromatic rings. The van der Waals surface area contributed by atoms with E-state index in [-0.39, 0.29) is 83.9 Å². The number of carboxylic acids is 1. The zero-order valence-corrected chi connectivity index (χ0v) is 23.5. The molecule has 2 aromatic heterocycles. The first-order valence-electron chi connectivity index (χ1n) is 10.4. The molecule has 0 bridgehead atoms. The Balaban J connectivity index is 0.00000400. The number of fused-ring (bicyclic) bond motifs is 1. The second-order valence-corrected chi connectivity index (χ2v) is 11.1. The summed E-state index contributed by atoms with van der Waals surface area (Å²) in [6.45, 7) is -0.0115. The van der Waals surface area contributed by atoms with Crippen molar-refractivity contribution in [2.75, 3.05) is 6.61 Å².